The Morgan fingerprint density at radius 1 is 0.972 bits per heavy atom. The van der Waals surface area contributed by atoms with E-state index in [0.29, 0.717) is 16.8 Å². The Kier molecular flexibility index (Phi) is 8.00. The van der Waals surface area contributed by atoms with Gasteiger partial charge >= 0.3 is 6.09 Å². The predicted octanol–water partition coefficient (Wildman–Crippen LogP) is 4.87. The Morgan fingerprint density at radius 3 is 2.28 bits per heavy atom. The second kappa shape index (κ2) is 11.0. The molecular formula is C29H31N3O4. The number of amides is 3. The van der Waals surface area contributed by atoms with Crippen molar-refractivity contribution < 1.29 is 19.1 Å². The van der Waals surface area contributed by atoms with Crippen molar-refractivity contribution in [2.45, 2.75) is 45.4 Å². The SMILES string of the molecule is C#Cc1ccccc1C(C(=O)Nc1ccc2ccccc2c1)N(C)C(=O)C(C)NC(=O)OC(C)(C)C. The maximum Gasteiger partial charge on any atom is 0.408 e. The highest BCUT2D eigenvalue weighted by atomic mass is 16.6. The van der Waals surface area contributed by atoms with Crippen LogP contribution in [0.3, 0.4) is 0 Å². The number of nitrogens with one attached hydrogen (secondary N) is 2. The van der Waals surface area contributed by atoms with Gasteiger partial charge in [0.2, 0.25) is 5.91 Å². The van der Waals surface area contributed by atoms with Crippen molar-refractivity contribution >= 4 is 34.4 Å². The van der Waals surface area contributed by atoms with E-state index >= 15 is 0 Å². The molecule has 0 radical (unpaired) electrons. The van der Waals surface area contributed by atoms with Gasteiger partial charge in [0.25, 0.3) is 5.91 Å². The van der Waals surface area contributed by atoms with Crippen LogP contribution in [0, 0.1) is 12.3 Å². The average molecular weight is 486 g/mol. The van der Waals surface area contributed by atoms with Gasteiger partial charge in [-0.2, -0.15) is 0 Å². The van der Waals surface area contributed by atoms with Gasteiger partial charge in [0.15, 0.2) is 0 Å². The number of likely N-dealkylation sites (N-methyl/N-ethyl adjacent to an activating group) is 1. The molecule has 3 aromatic rings. The van der Waals surface area contributed by atoms with Gasteiger partial charge in [-0.25, -0.2) is 4.79 Å². The zero-order chi connectivity index (χ0) is 26.5. The summed E-state index contributed by atoms with van der Waals surface area (Å²) in [6.07, 6.45) is 4.98. The van der Waals surface area contributed by atoms with Crippen LogP contribution in [0.1, 0.15) is 44.9 Å². The molecule has 2 N–H and O–H groups in total. The molecule has 3 rings (SSSR count). The minimum Gasteiger partial charge on any atom is -0.444 e. The first-order chi connectivity index (χ1) is 17.0. The third-order valence-electron chi connectivity index (χ3n) is 5.51. The normalized spacial score (nSPS) is 12.7. The monoisotopic (exact) mass is 485 g/mol. The van der Waals surface area contributed by atoms with E-state index in [2.05, 4.69) is 16.6 Å². The van der Waals surface area contributed by atoms with Crippen LogP contribution in [0.15, 0.2) is 66.7 Å². The van der Waals surface area contributed by atoms with Crippen LogP contribution in [0.2, 0.25) is 0 Å². The highest BCUT2D eigenvalue weighted by Crippen LogP contribution is 2.27. The van der Waals surface area contributed by atoms with E-state index in [1.165, 1.54) is 18.9 Å². The van der Waals surface area contributed by atoms with E-state index in [4.69, 9.17) is 11.2 Å². The van der Waals surface area contributed by atoms with Crippen LogP contribution >= 0.6 is 0 Å². The first kappa shape index (κ1) is 26.3. The molecule has 0 spiro atoms. The number of alkyl carbamates (subject to hydrolysis) is 1. The number of fused-ring (bicyclic) bond motifs is 1. The quantitative estimate of drug-likeness (QED) is 0.488. The summed E-state index contributed by atoms with van der Waals surface area (Å²) in [5.41, 5.74) is 0.858. The number of ether oxygens (including phenoxy) is 1. The number of rotatable bonds is 6. The number of nitrogens with zero attached hydrogens (tertiary/aromatic N) is 1. The number of terminal acetylenes is 1. The number of carbonyl (C=O) groups excluding carboxylic acids is 3. The summed E-state index contributed by atoms with van der Waals surface area (Å²) in [7, 11) is 1.51. The van der Waals surface area contributed by atoms with Crippen molar-refractivity contribution in [2.24, 2.45) is 0 Å². The molecule has 0 fully saturated rings. The number of carbonyl (C=O) groups is 3. The molecule has 186 valence electrons. The van der Waals surface area contributed by atoms with Gasteiger partial charge in [-0.05, 0) is 62.2 Å². The first-order valence-corrected chi connectivity index (χ1v) is 11.6. The van der Waals surface area contributed by atoms with Crippen LogP contribution in [0.5, 0.6) is 0 Å². The van der Waals surface area contributed by atoms with Gasteiger partial charge in [-0.1, -0.05) is 54.5 Å². The van der Waals surface area contributed by atoms with Crippen molar-refractivity contribution in [1.29, 1.82) is 0 Å². The second-order valence-corrected chi connectivity index (χ2v) is 9.50. The largest absolute Gasteiger partial charge is 0.444 e. The highest BCUT2D eigenvalue weighted by molar-refractivity contribution is 6.00. The van der Waals surface area contributed by atoms with Crippen LogP contribution in [0.4, 0.5) is 10.5 Å². The molecule has 0 saturated heterocycles. The van der Waals surface area contributed by atoms with Crippen molar-refractivity contribution in [1.82, 2.24) is 10.2 Å². The molecule has 36 heavy (non-hydrogen) atoms. The number of hydrogen-bond acceptors (Lipinski definition) is 4. The summed E-state index contributed by atoms with van der Waals surface area (Å²) >= 11 is 0. The molecule has 0 aliphatic rings. The summed E-state index contributed by atoms with van der Waals surface area (Å²) in [6, 6.07) is 18.4. The third kappa shape index (κ3) is 6.42. The summed E-state index contributed by atoms with van der Waals surface area (Å²) in [4.78, 5) is 40.4. The summed E-state index contributed by atoms with van der Waals surface area (Å²) in [6.45, 7) is 6.73. The van der Waals surface area contributed by atoms with Crippen molar-refractivity contribution in [3.05, 3.63) is 77.9 Å². The van der Waals surface area contributed by atoms with Gasteiger partial charge < -0.3 is 20.3 Å². The van der Waals surface area contributed by atoms with E-state index in [9.17, 15) is 14.4 Å². The number of benzene rings is 3. The molecule has 0 aromatic heterocycles. The maximum absolute atomic E-state index is 13.6. The third-order valence-corrected chi connectivity index (χ3v) is 5.51. The van der Waals surface area contributed by atoms with Crippen LogP contribution in [-0.4, -0.2) is 41.5 Å². The van der Waals surface area contributed by atoms with Gasteiger partial charge in [-0.15, -0.1) is 6.42 Å². The topological polar surface area (TPSA) is 87.7 Å². The molecule has 0 aliphatic heterocycles. The minimum atomic E-state index is -1.04. The molecule has 0 aliphatic carbocycles. The molecule has 7 nitrogen and oxygen atoms in total. The van der Waals surface area contributed by atoms with Gasteiger partial charge in [0.05, 0.1) is 0 Å². The number of hydrogen-bond donors (Lipinski definition) is 2. The Labute approximate surface area is 211 Å². The molecule has 3 aromatic carbocycles. The Morgan fingerprint density at radius 2 is 1.61 bits per heavy atom. The maximum atomic E-state index is 13.6. The fourth-order valence-corrected chi connectivity index (χ4v) is 3.85. The second-order valence-electron chi connectivity index (χ2n) is 9.50. The van der Waals surface area contributed by atoms with E-state index in [1.54, 1.807) is 51.1 Å². The van der Waals surface area contributed by atoms with Gasteiger partial charge in [0, 0.05) is 18.3 Å². The molecule has 3 amide bonds. The Balaban J connectivity index is 1.90. The van der Waals surface area contributed by atoms with Crippen molar-refractivity contribution in [2.75, 3.05) is 12.4 Å². The minimum absolute atomic E-state index is 0.437. The smallest absolute Gasteiger partial charge is 0.408 e. The van der Waals surface area contributed by atoms with Gasteiger partial charge in [-0.3, -0.25) is 9.59 Å². The van der Waals surface area contributed by atoms with Crippen molar-refractivity contribution in [3.8, 4) is 12.3 Å². The van der Waals surface area contributed by atoms with E-state index < -0.39 is 35.6 Å². The molecule has 0 heterocycles. The first-order valence-electron chi connectivity index (χ1n) is 11.6. The van der Waals surface area contributed by atoms with E-state index in [1.807, 2.05) is 36.4 Å². The summed E-state index contributed by atoms with van der Waals surface area (Å²) in [5.74, 6) is 1.68. The molecular weight excluding hydrogens is 454 g/mol. The van der Waals surface area contributed by atoms with Gasteiger partial charge in [0.1, 0.15) is 17.7 Å². The predicted molar refractivity (Wildman–Crippen MR) is 141 cm³/mol. The van der Waals surface area contributed by atoms with Crippen molar-refractivity contribution in [3.63, 3.8) is 0 Å². The molecule has 2 unspecified atom stereocenters. The summed E-state index contributed by atoms with van der Waals surface area (Å²) in [5, 5.41) is 7.46. The zero-order valence-electron chi connectivity index (χ0n) is 21.2. The lowest BCUT2D eigenvalue weighted by atomic mass is 9.98. The van der Waals surface area contributed by atoms with E-state index in [-0.39, 0.29) is 0 Å². The van der Waals surface area contributed by atoms with Crippen LogP contribution < -0.4 is 10.6 Å². The number of anilines is 1. The Hall–Kier alpha value is -4.31. The van der Waals surface area contributed by atoms with E-state index in [0.717, 1.165) is 10.8 Å². The average Bonchev–Trinajstić information content (AvgIpc) is 2.82. The standard InChI is InChI=1S/C29H31N3O4/c1-7-20-12-10-11-15-24(20)25(32(6)27(34)19(2)30-28(35)36-29(3,4)5)26(33)31-23-17-16-21-13-8-9-14-22(21)18-23/h1,8-19,25H,2-6H3,(H,30,35)(H,31,33). The summed E-state index contributed by atoms with van der Waals surface area (Å²) < 4.78 is 5.25. The molecule has 7 heteroatoms. The lowest BCUT2D eigenvalue weighted by Crippen LogP contribution is -2.49. The fraction of sp³-hybridized carbons (Fsp3) is 0.276. The van der Waals surface area contributed by atoms with Crippen LogP contribution in [-0.2, 0) is 14.3 Å². The molecule has 0 saturated carbocycles. The zero-order valence-corrected chi connectivity index (χ0v) is 21.2. The van der Waals surface area contributed by atoms with Crippen LogP contribution in [0.25, 0.3) is 10.8 Å². The lowest BCUT2D eigenvalue weighted by molar-refractivity contribution is -0.138. The Bertz CT molecular complexity index is 1320. The molecule has 2 atom stereocenters. The molecule has 0 bridgehead atoms. The fourth-order valence-electron chi connectivity index (χ4n) is 3.85. The highest BCUT2D eigenvalue weighted by Gasteiger charge is 2.33. The lowest BCUT2D eigenvalue weighted by Gasteiger charge is -2.31.